The van der Waals surface area contributed by atoms with Crippen molar-refractivity contribution in [1.82, 2.24) is 10.2 Å². The van der Waals surface area contributed by atoms with Crippen LogP contribution in [0.2, 0.25) is 0 Å². The average molecular weight is 270 g/mol. The maximum absolute atomic E-state index is 5.89. The van der Waals surface area contributed by atoms with E-state index in [1.807, 2.05) is 0 Å². The van der Waals surface area contributed by atoms with Crippen molar-refractivity contribution in [2.45, 2.75) is 72.1 Å². The smallest absolute Gasteiger partial charge is 0.0600 e. The van der Waals surface area contributed by atoms with Crippen molar-refractivity contribution in [3.8, 4) is 0 Å². The second kappa shape index (κ2) is 7.61. The zero-order chi connectivity index (χ0) is 14.5. The van der Waals surface area contributed by atoms with Gasteiger partial charge >= 0.3 is 0 Å². The highest BCUT2D eigenvalue weighted by atomic mass is 16.5. The molecule has 0 bridgehead atoms. The topological polar surface area (TPSA) is 24.5 Å². The van der Waals surface area contributed by atoms with Crippen LogP contribution in [0.3, 0.4) is 0 Å². The van der Waals surface area contributed by atoms with Crippen LogP contribution in [0, 0.1) is 5.92 Å². The van der Waals surface area contributed by atoms with Gasteiger partial charge in [-0.15, -0.1) is 0 Å². The molecule has 1 saturated heterocycles. The van der Waals surface area contributed by atoms with Gasteiger partial charge in [0.2, 0.25) is 0 Å². The van der Waals surface area contributed by atoms with Crippen molar-refractivity contribution in [3.05, 3.63) is 0 Å². The Kier molecular flexibility index (Phi) is 6.78. The number of nitrogens with one attached hydrogen (secondary N) is 1. The molecule has 1 aliphatic heterocycles. The van der Waals surface area contributed by atoms with Crippen molar-refractivity contribution in [1.29, 1.82) is 0 Å². The standard InChI is InChI=1S/C16H34N2O/c1-7-14-12-18(8-9-19-16(4,5)6)15(11-17-14)10-13(2)3/h13-15,17H,7-12H2,1-6H3. The Morgan fingerprint density at radius 1 is 1.32 bits per heavy atom. The van der Waals surface area contributed by atoms with Gasteiger partial charge in [-0.25, -0.2) is 0 Å². The maximum Gasteiger partial charge on any atom is 0.0600 e. The molecular weight excluding hydrogens is 236 g/mol. The molecule has 0 aromatic rings. The van der Waals surface area contributed by atoms with Crippen molar-refractivity contribution in [2.75, 3.05) is 26.2 Å². The van der Waals surface area contributed by atoms with Crippen LogP contribution in [0.1, 0.15) is 54.4 Å². The third-order valence-corrected chi connectivity index (χ3v) is 3.76. The summed E-state index contributed by atoms with van der Waals surface area (Å²) in [5, 5.41) is 3.68. The van der Waals surface area contributed by atoms with Gasteiger partial charge in [-0.05, 0) is 39.5 Å². The summed E-state index contributed by atoms with van der Waals surface area (Å²) in [7, 11) is 0. The van der Waals surface area contributed by atoms with Crippen LogP contribution in [0.25, 0.3) is 0 Å². The highest BCUT2D eigenvalue weighted by molar-refractivity contribution is 4.86. The van der Waals surface area contributed by atoms with Crippen LogP contribution >= 0.6 is 0 Å². The zero-order valence-corrected chi connectivity index (χ0v) is 13.8. The Morgan fingerprint density at radius 2 is 2.00 bits per heavy atom. The van der Waals surface area contributed by atoms with Gasteiger partial charge in [0.15, 0.2) is 0 Å². The zero-order valence-electron chi connectivity index (χ0n) is 13.8. The fourth-order valence-corrected chi connectivity index (χ4v) is 2.72. The van der Waals surface area contributed by atoms with Gasteiger partial charge in [0.1, 0.15) is 0 Å². The number of hydrogen-bond acceptors (Lipinski definition) is 3. The number of ether oxygens (including phenoxy) is 1. The third-order valence-electron chi connectivity index (χ3n) is 3.76. The van der Waals surface area contributed by atoms with Crippen LogP contribution < -0.4 is 5.32 Å². The second-order valence-corrected chi connectivity index (χ2v) is 7.25. The molecule has 1 rings (SSSR count). The fraction of sp³-hybridized carbons (Fsp3) is 1.00. The van der Waals surface area contributed by atoms with E-state index in [1.54, 1.807) is 0 Å². The molecule has 114 valence electrons. The lowest BCUT2D eigenvalue weighted by atomic mass is 9.98. The molecule has 0 spiro atoms. The van der Waals surface area contributed by atoms with E-state index in [0.717, 1.165) is 25.6 Å². The summed E-state index contributed by atoms with van der Waals surface area (Å²) < 4.78 is 5.89. The lowest BCUT2D eigenvalue weighted by Gasteiger charge is -2.41. The number of nitrogens with zero attached hydrogens (tertiary/aromatic N) is 1. The van der Waals surface area contributed by atoms with E-state index >= 15 is 0 Å². The summed E-state index contributed by atoms with van der Waals surface area (Å²) in [5.74, 6) is 0.760. The molecule has 0 aromatic carbocycles. The van der Waals surface area contributed by atoms with Crippen LogP contribution in [0.4, 0.5) is 0 Å². The van der Waals surface area contributed by atoms with Gasteiger partial charge in [-0.3, -0.25) is 4.90 Å². The van der Waals surface area contributed by atoms with E-state index in [1.165, 1.54) is 19.4 Å². The summed E-state index contributed by atoms with van der Waals surface area (Å²) in [4.78, 5) is 2.64. The molecule has 0 aromatic heterocycles. The number of piperazine rings is 1. The molecule has 0 radical (unpaired) electrons. The first-order valence-electron chi connectivity index (χ1n) is 7.93. The number of hydrogen-bond donors (Lipinski definition) is 1. The summed E-state index contributed by atoms with van der Waals surface area (Å²) in [5.41, 5.74) is -0.0221. The summed E-state index contributed by atoms with van der Waals surface area (Å²) in [6, 6.07) is 1.32. The number of rotatable bonds is 6. The predicted molar refractivity (Wildman–Crippen MR) is 82.6 cm³/mol. The predicted octanol–water partition coefficient (Wildman–Crippen LogP) is 2.90. The van der Waals surface area contributed by atoms with E-state index in [0.29, 0.717) is 12.1 Å². The molecule has 0 amide bonds. The molecular formula is C16H34N2O. The van der Waals surface area contributed by atoms with E-state index < -0.39 is 0 Å². The van der Waals surface area contributed by atoms with Crippen molar-refractivity contribution < 1.29 is 4.74 Å². The van der Waals surface area contributed by atoms with Crippen LogP contribution in [-0.2, 0) is 4.74 Å². The summed E-state index contributed by atoms with van der Waals surface area (Å²) in [6.07, 6.45) is 2.49. The molecule has 2 atom stereocenters. The van der Waals surface area contributed by atoms with Crippen molar-refractivity contribution >= 4 is 0 Å². The Bertz CT molecular complexity index is 248. The molecule has 1 N–H and O–H groups in total. The molecule has 19 heavy (non-hydrogen) atoms. The van der Waals surface area contributed by atoms with Crippen molar-refractivity contribution in [2.24, 2.45) is 5.92 Å². The van der Waals surface area contributed by atoms with Gasteiger partial charge < -0.3 is 10.1 Å². The minimum Gasteiger partial charge on any atom is -0.375 e. The minimum absolute atomic E-state index is 0.0221. The largest absolute Gasteiger partial charge is 0.375 e. The molecule has 3 nitrogen and oxygen atoms in total. The van der Waals surface area contributed by atoms with Crippen molar-refractivity contribution in [3.63, 3.8) is 0 Å². The highest BCUT2D eigenvalue weighted by Gasteiger charge is 2.27. The molecule has 1 heterocycles. The lowest BCUT2D eigenvalue weighted by molar-refractivity contribution is -0.0237. The van der Waals surface area contributed by atoms with Crippen LogP contribution in [0.5, 0.6) is 0 Å². The van der Waals surface area contributed by atoms with Gasteiger partial charge in [-0.2, -0.15) is 0 Å². The molecule has 1 fully saturated rings. The lowest BCUT2D eigenvalue weighted by Crippen LogP contribution is -2.57. The first-order valence-corrected chi connectivity index (χ1v) is 7.93. The molecule has 0 saturated carbocycles. The molecule has 3 heteroatoms. The Balaban J connectivity index is 2.46. The van der Waals surface area contributed by atoms with E-state index in [9.17, 15) is 0 Å². The second-order valence-electron chi connectivity index (χ2n) is 7.25. The molecule has 0 aliphatic carbocycles. The molecule has 1 aliphatic rings. The maximum atomic E-state index is 5.89. The first kappa shape index (κ1) is 16.9. The van der Waals surface area contributed by atoms with Gasteiger partial charge in [0, 0.05) is 31.7 Å². The summed E-state index contributed by atoms with van der Waals surface area (Å²) in [6.45, 7) is 17.5. The Morgan fingerprint density at radius 3 is 2.53 bits per heavy atom. The van der Waals surface area contributed by atoms with E-state index in [4.69, 9.17) is 4.74 Å². The summed E-state index contributed by atoms with van der Waals surface area (Å²) >= 11 is 0. The fourth-order valence-electron chi connectivity index (χ4n) is 2.72. The first-order chi connectivity index (χ1) is 8.81. The third kappa shape index (κ3) is 6.73. The van der Waals surface area contributed by atoms with Crippen LogP contribution in [-0.4, -0.2) is 48.8 Å². The Labute approximate surface area is 120 Å². The normalized spacial score (nSPS) is 26.1. The monoisotopic (exact) mass is 270 g/mol. The average Bonchev–Trinajstić information content (AvgIpc) is 2.29. The molecule has 2 unspecified atom stereocenters. The van der Waals surface area contributed by atoms with E-state index in [2.05, 4.69) is 51.8 Å². The quantitative estimate of drug-likeness (QED) is 0.803. The highest BCUT2D eigenvalue weighted by Crippen LogP contribution is 2.17. The van der Waals surface area contributed by atoms with Gasteiger partial charge in [0.25, 0.3) is 0 Å². The minimum atomic E-state index is -0.0221. The van der Waals surface area contributed by atoms with Crippen LogP contribution in [0.15, 0.2) is 0 Å². The van der Waals surface area contributed by atoms with Gasteiger partial charge in [-0.1, -0.05) is 20.8 Å². The Hall–Kier alpha value is -0.120. The van der Waals surface area contributed by atoms with Gasteiger partial charge in [0.05, 0.1) is 12.2 Å². The SMILES string of the molecule is CCC1CN(CCOC(C)(C)C)C(CC(C)C)CN1. The van der Waals surface area contributed by atoms with E-state index in [-0.39, 0.29) is 5.60 Å².